The Morgan fingerprint density at radius 2 is 1.57 bits per heavy atom. The molecule has 1 atom stereocenters. The quantitative estimate of drug-likeness (QED) is 0.331. The standard InChI is InChI=1S/C28H30N4O5/c1-37-28(36)32(25-22-9-4-2-7-20(22)21-8-3-5-10-23(21)25)24(11-6-16-30-27(29)35)26(34)31-19-14-12-18(17-33)13-15-19/h2-5,7-10,12-15,24-25,33H,6,11,16-17H2,1H3,(H,31,34)(H3,29,30,35)/t24-/m0/s1. The average molecular weight is 503 g/mol. The van der Waals surface area contributed by atoms with E-state index in [0.29, 0.717) is 17.7 Å². The maximum absolute atomic E-state index is 13.7. The Bertz CT molecular complexity index is 1230. The molecular formula is C28H30N4O5. The van der Waals surface area contributed by atoms with Crippen LogP contribution in [0.3, 0.4) is 0 Å². The van der Waals surface area contributed by atoms with Crippen LogP contribution in [0.25, 0.3) is 11.1 Å². The molecule has 9 nitrogen and oxygen atoms in total. The van der Waals surface area contributed by atoms with E-state index < -0.39 is 30.1 Å². The molecule has 0 bridgehead atoms. The summed E-state index contributed by atoms with van der Waals surface area (Å²) in [4.78, 5) is 39.7. The molecule has 1 aliphatic carbocycles. The highest BCUT2D eigenvalue weighted by Crippen LogP contribution is 2.47. The number of hydrogen-bond donors (Lipinski definition) is 4. The van der Waals surface area contributed by atoms with Gasteiger partial charge >= 0.3 is 12.1 Å². The third kappa shape index (κ3) is 5.57. The van der Waals surface area contributed by atoms with Crippen LogP contribution < -0.4 is 16.4 Å². The second-order valence-electron chi connectivity index (χ2n) is 8.75. The minimum atomic E-state index is -0.927. The molecule has 9 heteroatoms. The number of carbonyl (C=O) groups is 3. The maximum Gasteiger partial charge on any atom is 0.410 e. The van der Waals surface area contributed by atoms with Crippen molar-refractivity contribution in [3.05, 3.63) is 89.5 Å². The van der Waals surface area contributed by atoms with Crippen LogP contribution in [0.5, 0.6) is 0 Å². The lowest BCUT2D eigenvalue weighted by atomic mass is 9.99. The lowest BCUT2D eigenvalue weighted by molar-refractivity contribution is -0.121. The van der Waals surface area contributed by atoms with E-state index in [2.05, 4.69) is 10.6 Å². The largest absolute Gasteiger partial charge is 0.453 e. The van der Waals surface area contributed by atoms with E-state index in [4.69, 9.17) is 10.5 Å². The van der Waals surface area contributed by atoms with Gasteiger partial charge in [-0.3, -0.25) is 9.69 Å². The number of rotatable bonds is 9. The summed E-state index contributed by atoms with van der Waals surface area (Å²) < 4.78 is 5.20. The molecule has 37 heavy (non-hydrogen) atoms. The number of hydrogen-bond acceptors (Lipinski definition) is 5. The second-order valence-corrected chi connectivity index (χ2v) is 8.75. The van der Waals surface area contributed by atoms with E-state index in [0.717, 1.165) is 22.3 Å². The van der Waals surface area contributed by atoms with Crippen LogP contribution in [0.1, 0.15) is 35.6 Å². The summed E-state index contributed by atoms with van der Waals surface area (Å²) in [6.45, 7) is 0.136. The second kappa shape index (κ2) is 11.6. The number of amides is 4. The molecule has 3 aromatic rings. The number of benzene rings is 3. The number of fused-ring (bicyclic) bond motifs is 3. The van der Waals surface area contributed by atoms with Crippen molar-refractivity contribution >= 4 is 23.7 Å². The van der Waals surface area contributed by atoms with Gasteiger partial charge in [0.1, 0.15) is 6.04 Å². The van der Waals surface area contributed by atoms with Crippen LogP contribution in [-0.4, -0.2) is 47.7 Å². The zero-order valence-corrected chi connectivity index (χ0v) is 20.5. The molecule has 0 saturated carbocycles. The molecule has 0 unspecified atom stereocenters. The summed E-state index contributed by atoms with van der Waals surface area (Å²) >= 11 is 0. The number of carbonyl (C=O) groups excluding carboxylic acids is 3. The Morgan fingerprint density at radius 1 is 0.973 bits per heavy atom. The number of primary amides is 1. The summed E-state index contributed by atoms with van der Waals surface area (Å²) in [6, 6.07) is 20.3. The monoisotopic (exact) mass is 502 g/mol. The first-order valence-electron chi connectivity index (χ1n) is 12.0. The van der Waals surface area contributed by atoms with Gasteiger partial charge < -0.3 is 26.2 Å². The normalized spacial score (nSPS) is 12.7. The highest BCUT2D eigenvalue weighted by atomic mass is 16.5. The van der Waals surface area contributed by atoms with Crippen LogP contribution in [0.15, 0.2) is 72.8 Å². The topological polar surface area (TPSA) is 134 Å². The van der Waals surface area contributed by atoms with Crippen molar-refractivity contribution < 1.29 is 24.2 Å². The van der Waals surface area contributed by atoms with Crippen LogP contribution >= 0.6 is 0 Å². The van der Waals surface area contributed by atoms with E-state index in [1.54, 1.807) is 24.3 Å². The van der Waals surface area contributed by atoms with Gasteiger partial charge in [0.05, 0.1) is 19.8 Å². The van der Waals surface area contributed by atoms with Crippen molar-refractivity contribution in [2.24, 2.45) is 5.73 Å². The van der Waals surface area contributed by atoms with Gasteiger partial charge in [0, 0.05) is 12.2 Å². The number of nitrogens with one attached hydrogen (secondary N) is 2. The van der Waals surface area contributed by atoms with E-state index >= 15 is 0 Å². The van der Waals surface area contributed by atoms with Crippen LogP contribution in [-0.2, 0) is 16.1 Å². The SMILES string of the molecule is COC(=O)N(C1c2ccccc2-c2ccccc21)[C@@H](CCCNC(N)=O)C(=O)Nc1ccc(CO)cc1. The molecule has 0 heterocycles. The average Bonchev–Trinajstić information content (AvgIpc) is 3.24. The van der Waals surface area contributed by atoms with E-state index in [-0.39, 0.29) is 19.6 Å². The fourth-order valence-corrected chi connectivity index (χ4v) is 4.77. The number of methoxy groups -OCH3 is 1. The van der Waals surface area contributed by atoms with Gasteiger partial charge in [-0.1, -0.05) is 60.7 Å². The predicted octanol–water partition coefficient (Wildman–Crippen LogP) is 3.77. The first kappa shape index (κ1) is 25.7. The molecule has 0 fully saturated rings. The molecule has 4 rings (SSSR count). The fraction of sp³-hybridized carbons (Fsp3) is 0.250. The fourth-order valence-electron chi connectivity index (χ4n) is 4.77. The molecule has 1 aliphatic rings. The predicted molar refractivity (Wildman–Crippen MR) is 140 cm³/mol. The van der Waals surface area contributed by atoms with Crippen molar-refractivity contribution in [1.29, 1.82) is 0 Å². The van der Waals surface area contributed by atoms with Crippen LogP contribution in [0.4, 0.5) is 15.3 Å². The molecule has 0 aromatic heterocycles. The van der Waals surface area contributed by atoms with Crippen molar-refractivity contribution in [3.63, 3.8) is 0 Å². The summed E-state index contributed by atoms with van der Waals surface area (Å²) in [5.41, 5.74) is 10.2. The number of aliphatic hydroxyl groups is 1. The smallest absolute Gasteiger partial charge is 0.410 e. The third-order valence-electron chi connectivity index (χ3n) is 6.46. The minimum absolute atomic E-state index is 0.111. The molecule has 192 valence electrons. The van der Waals surface area contributed by atoms with Gasteiger partial charge in [0.2, 0.25) is 5.91 Å². The van der Waals surface area contributed by atoms with Gasteiger partial charge in [-0.2, -0.15) is 0 Å². The first-order valence-corrected chi connectivity index (χ1v) is 12.0. The lowest BCUT2D eigenvalue weighted by Gasteiger charge is -2.35. The van der Waals surface area contributed by atoms with Crippen molar-refractivity contribution in [3.8, 4) is 11.1 Å². The Hall–Kier alpha value is -4.37. The number of urea groups is 1. The Balaban J connectivity index is 1.72. The Kier molecular flexibility index (Phi) is 8.05. The summed E-state index contributed by atoms with van der Waals surface area (Å²) in [7, 11) is 1.29. The minimum Gasteiger partial charge on any atom is -0.453 e. The van der Waals surface area contributed by atoms with Crippen LogP contribution in [0, 0.1) is 0 Å². The van der Waals surface area contributed by atoms with E-state index in [1.807, 2.05) is 48.5 Å². The molecule has 0 spiro atoms. The first-order chi connectivity index (χ1) is 17.9. The molecule has 5 N–H and O–H groups in total. The zero-order chi connectivity index (χ0) is 26.4. The van der Waals surface area contributed by atoms with Gasteiger partial charge in [-0.25, -0.2) is 9.59 Å². The summed E-state index contributed by atoms with van der Waals surface area (Å²) in [5, 5.41) is 14.7. The van der Waals surface area contributed by atoms with Gasteiger partial charge in [-0.05, 0) is 52.8 Å². The van der Waals surface area contributed by atoms with Crippen molar-refractivity contribution in [2.45, 2.75) is 31.5 Å². The van der Waals surface area contributed by atoms with E-state index in [1.165, 1.54) is 12.0 Å². The maximum atomic E-state index is 13.7. The van der Waals surface area contributed by atoms with Crippen molar-refractivity contribution in [2.75, 3.05) is 19.0 Å². The zero-order valence-electron chi connectivity index (χ0n) is 20.5. The van der Waals surface area contributed by atoms with Gasteiger partial charge in [0.25, 0.3) is 0 Å². The Labute approximate surface area is 215 Å². The summed E-state index contributed by atoms with van der Waals surface area (Å²) in [6.07, 6.45) is 0.000222. The molecule has 3 aromatic carbocycles. The molecule has 0 radical (unpaired) electrons. The Morgan fingerprint density at radius 3 is 2.11 bits per heavy atom. The molecule has 0 saturated heterocycles. The van der Waals surface area contributed by atoms with Gasteiger partial charge in [0.15, 0.2) is 0 Å². The third-order valence-corrected chi connectivity index (χ3v) is 6.46. The van der Waals surface area contributed by atoms with Crippen molar-refractivity contribution in [1.82, 2.24) is 10.2 Å². The summed E-state index contributed by atoms with van der Waals surface area (Å²) in [5.74, 6) is -0.400. The highest BCUT2D eigenvalue weighted by Gasteiger charge is 2.41. The van der Waals surface area contributed by atoms with E-state index in [9.17, 15) is 19.5 Å². The number of anilines is 1. The number of aliphatic hydroxyl groups excluding tert-OH is 1. The lowest BCUT2D eigenvalue weighted by Crippen LogP contribution is -2.49. The number of nitrogens with two attached hydrogens (primary N) is 1. The number of ether oxygens (including phenoxy) is 1. The highest BCUT2D eigenvalue weighted by molar-refractivity contribution is 5.97. The molecule has 4 amide bonds. The number of nitrogens with zero attached hydrogens (tertiary/aromatic N) is 1. The molecule has 0 aliphatic heterocycles. The van der Waals surface area contributed by atoms with Crippen LogP contribution in [0.2, 0.25) is 0 Å². The molecular weight excluding hydrogens is 472 g/mol. The van der Waals surface area contributed by atoms with Gasteiger partial charge in [-0.15, -0.1) is 0 Å².